The molecule has 5 nitrogen and oxygen atoms in total. The average Bonchev–Trinajstić information content (AvgIpc) is 2.37. The number of aliphatic carboxylic acids is 1. The Labute approximate surface area is 116 Å². The molecule has 0 radical (unpaired) electrons. The van der Waals surface area contributed by atoms with Gasteiger partial charge in [0.15, 0.2) is 0 Å². The number of nitrogens with one attached hydrogen (secondary N) is 1. The molecule has 2 N–H and O–H groups in total. The number of halogens is 1. The van der Waals surface area contributed by atoms with Crippen molar-refractivity contribution in [2.75, 3.05) is 0 Å². The van der Waals surface area contributed by atoms with Gasteiger partial charge < -0.3 is 10.4 Å². The Kier molecular flexibility index (Phi) is 5.66. The Morgan fingerprint density at radius 1 is 1.50 bits per heavy atom. The Morgan fingerprint density at radius 3 is 2.75 bits per heavy atom. The first-order valence-corrected chi connectivity index (χ1v) is 6.08. The fraction of sp³-hybridized carbons (Fsp3) is 0.357. The Morgan fingerprint density at radius 2 is 2.20 bits per heavy atom. The fourth-order valence-electron chi connectivity index (χ4n) is 1.71. The van der Waals surface area contributed by atoms with Gasteiger partial charge in [-0.15, -0.1) is 0 Å². The number of carbonyl (C=O) groups excluding carboxylic acids is 1. The molecule has 20 heavy (non-hydrogen) atoms. The zero-order valence-electron chi connectivity index (χ0n) is 11.0. The number of carboxylic acid groups (broad SMARTS) is 1. The van der Waals surface area contributed by atoms with Crippen LogP contribution in [0.5, 0.6) is 0 Å². The molecule has 106 valence electrons. The standard InChI is InChI=1S/C14H15FN2O3/c1-9(8-16)5-12(14(19)20)17-13(18)7-10-3-2-4-11(15)6-10/h2-4,6,9,12H,5,7H2,1H3,(H,17,18)(H,19,20)/t9-,12+/m1/s1. The zero-order chi connectivity index (χ0) is 15.1. The molecule has 0 bridgehead atoms. The summed E-state index contributed by atoms with van der Waals surface area (Å²) >= 11 is 0. The van der Waals surface area contributed by atoms with E-state index in [1.165, 1.54) is 18.2 Å². The Bertz CT molecular complexity index is 539. The molecule has 2 atom stereocenters. The lowest BCUT2D eigenvalue weighted by atomic mass is 10.0. The first-order chi connectivity index (χ1) is 9.42. The van der Waals surface area contributed by atoms with Crippen molar-refractivity contribution in [1.29, 1.82) is 5.26 Å². The van der Waals surface area contributed by atoms with Crippen LogP contribution in [0.15, 0.2) is 24.3 Å². The minimum absolute atomic E-state index is 0.0285. The smallest absolute Gasteiger partial charge is 0.326 e. The second-order valence-electron chi connectivity index (χ2n) is 4.53. The van der Waals surface area contributed by atoms with Crippen LogP contribution in [0, 0.1) is 23.1 Å². The lowest BCUT2D eigenvalue weighted by molar-refractivity contribution is -0.142. The highest BCUT2D eigenvalue weighted by atomic mass is 19.1. The summed E-state index contributed by atoms with van der Waals surface area (Å²) in [6.07, 6.45) is -0.0802. The molecule has 1 aromatic rings. The molecule has 0 fully saturated rings. The number of hydrogen-bond acceptors (Lipinski definition) is 3. The molecule has 0 spiro atoms. The van der Waals surface area contributed by atoms with Gasteiger partial charge in [0.1, 0.15) is 11.9 Å². The summed E-state index contributed by atoms with van der Waals surface area (Å²) in [6, 6.07) is 6.33. The normalized spacial score (nSPS) is 13.1. The third-order valence-corrected chi connectivity index (χ3v) is 2.70. The van der Waals surface area contributed by atoms with E-state index in [0.717, 1.165) is 0 Å². The van der Waals surface area contributed by atoms with Crippen molar-refractivity contribution in [2.45, 2.75) is 25.8 Å². The summed E-state index contributed by atoms with van der Waals surface area (Å²) in [5.74, 6) is -2.65. The third-order valence-electron chi connectivity index (χ3n) is 2.70. The van der Waals surface area contributed by atoms with Crippen LogP contribution >= 0.6 is 0 Å². The molecule has 1 amide bonds. The molecule has 0 saturated heterocycles. The van der Waals surface area contributed by atoms with Crippen molar-refractivity contribution in [2.24, 2.45) is 5.92 Å². The number of nitriles is 1. The summed E-state index contributed by atoms with van der Waals surface area (Å²) in [6.45, 7) is 1.58. The number of carbonyl (C=O) groups is 2. The van der Waals surface area contributed by atoms with Crippen molar-refractivity contribution in [3.8, 4) is 6.07 Å². The number of amides is 1. The van der Waals surface area contributed by atoms with E-state index in [-0.39, 0.29) is 12.8 Å². The van der Waals surface area contributed by atoms with Gasteiger partial charge in [-0.1, -0.05) is 12.1 Å². The molecule has 1 rings (SSSR count). The van der Waals surface area contributed by atoms with Crippen LogP contribution in [-0.4, -0.2) is 23.0 Å². The van der Waals surface area contributed by atoms with Crippen LogP contribution in [0.25, 0.3) is 0 Å². The van der Waals surface area contributed by atoms with E-state index in [9.17, 15) is 14.0 Å². The van der Waals surface area contributed by atoms with E-state index in [2.05, 4.69) is 5.32 Å². The second-order valence-corrected chi connectivity index (χ2v) is 4.53. The van der Waals surface area contributed by atoms with Crippen molar-refractivity contribution in [1.82, 2.24) is 5.32 Å². The topological polar surface area (TPSA) is 90.2 Å². The van der Waals surface area contributed by atoms with Gasteiger partial charge in [-0.25, -0.2) is 9.18 Å². The van der Waals surface area contributed by atoms with Crippen LogP contribution in [0.2, 0.25) is 0 Å². The maximum atomic E-state index is 13.0. The highest BCUT2D eigenvalue weighted by molar-refractivity contribution is 5.84. The fourth-order valence-corrected chi connectivity index (χ4v) is 1.71. The predicted octanol–water partition coefficient (Wildman–Crippen LogP) is 1.49. The summed E-state index contributed by atoms with van der Waals surface area (Å²) < 4.78 is 13.0. The minimum Gasteiger partial charge on any atom is -0.480 e. The number of carboxylic acids is 1. The van der Waals surface area contributed by atoms with E-state index in [1.54, 1.807) is 13.0 Å². The second kappa shape index (κ2) is 7.24. The van der Waals surface area contributed by atoms with Crippen molar-refractivity contribution in [3.63, 3.8) is 0 Å². The van der Waals surface area contributed by atoms with Crippen LogP contribution in [-0.2, 0) is 16.0 Å². The van der Waals surface area contributed by atoms with Crippen molar-refractivity contribution in [3.05, 3.63) is 35.6 Å². The molecular formula is C14H15FN2O3. The molecule has 0 aliphatic heterocycles. The zero-order valence-corrected chi connectivity index (χ0v) is 11.0. The minimum atomic E-state index is -1.19. The summed E-state index contributed by atoms with van der Waals surface area (Å²) in [4.78, 5) is 22.7. The summed E-state index contributed by atoms with van der Waals surface area (Å²) in [5.41, 5.74) is 0.458. The molecule has 1 aromatic carbocycles. The average molecular weight is 278 g/mol. The van der Waals surface area contributed by atoms with E-state index in [1.807, 2.05) is 6.07 Å². The first-order valence-electron chi connectivity index (χ1n) is 6.08. The van der Waals surface area contributed by atoms with Gasteiger partial charge in [0, 0.05) is 5.92 Å². The molecule has 0 aliphatic carbocycles. The van der Waals surface area contributed by atoms with Gasteiger partial charge >= 0.3 is 5.97 Å². The van der Waals surface area contributed by atoms with E-state index in [0.29, 0.717) is 5.56 Å². The van der Waals surface area contributed by atoms with E-state index < -0.39 is 29.7 Å². The maximum absolute atomic E-state index is 13.0. The SMILES string of the molecule is C[C@@H](C#N)C[C@H](NC(=O)Cc1cccc(F)c1)C(=O)O. The highest BCUT2D eigenvalue weighted by Crippen LogP contribution is 2.07. The van der Waals surface area contributed by atoms with Crippen LogP contribution in [0.4, 0.5) is 4.39 Å². The van der Waals surface area contributed by atoms with Crippen LogP contribution in [0.3, 0.4) is 0 Å². The molecule has 0 aromatic heterocycles. The molecular weight excluding hydrogens is 263 g/mol. The lowest BCUT2D eigenvalue weighted by Crippen LogP contribution is -2.42. The van der Waals surface area contributed by atoms with Crippen molar-refractivity contribution >= 4 is 11.9 Å². The van der Waals surface area contributed by atoms with E-state index >= 15 is 0 Å². The summed E-state index contributed by atoms with van der Waals surface area (Å²) in [5, 5.41) is 20.0. The number of nitrogens with zero attached hydrogens (tertiary/aromatic N) is 1. The van der Waals surface area contributed by atoms with E-state index in [4.69, 9.17) is 10.4 Å². The van der Waals surface area contributed by atoms with Crippen LogP contribution in [0.1, 0.15) is 18.9 Å². The highest BCUT2D eigenvalue weighted by Gasteiger charge is 2.22. The number of rotatable bonds is 6. The predicted molar refractivity (Wildman–Crippen MR) is 69.1 cm³/mol. The molecule has 0 unspecified atom stereocenters. The number of benzene rings is 1. The number of hydrogen-bond donors (Lipinski definition) is 2. The molecule has 6 heteroatoms. The van der Waals surface area contributed by atoms with Gasteiger partial charge in [0.25, 0.3) is 0 Å². The van der Waals surface area contributed by atoms with Gasteiger partial charge in [-0.3, -0.25) is 4.79 Å². The monoisotopic (exact) mass is 278 g/mol. The summed E-state index contributed by atoms with van der Waals surface area (Å²) in [7, 11) is 0. The molecule has 0 saturated carbocycles. The van der Waals surface area contributed by atoms with Gasteiger partial charge in [-0.05, 0) is 31.0 Å². The van der Waals surface area contributed by atoms with Gasteiger partial charge in [0.2, 0.25) is 5.91 Å². The Hall–Kier alpha value is -2.42. The van der Waals surface area contributed by atoms with Gasteiger partial charge in [0.05, 0.1) is 12.5 Å². The maximum Gasteiger partial charge on any atom is 0.326 e. The van der Waals surface area contributed by atoms with Gasteiger partial charge in [-0.2, -0.15) is 5.26 Å². The molecule has 0 aliphatic rings. The lowest BCUT2D eigenvalue weighted by Gasteiger charge is -2.15. The third kappa shape index (κ3) is 5.06. The Balaban J connectivity index is 2.63. The quantitative estimate of drug-likeness (QED) is 0.824. The van der Waals surface area contributed by atoms with Crippen LogP contribution < -0.4 is 5.32 Å². The molecule has 0 heterocycles. The van der Waals surface area contributed by atoms with Crippen molar-refractivity contribution < 1.29 is 19.1 Å². The first kappa shape index (κ1) is 15.6. The largest absolute Gasteiger partial charge is 0.480 e.